The summed E-state index contributed by atoms with van der Waals surface area (Å²) in [5.41, 5.74) is 5.39. The van der Waals surface area contributed by atoms with Crippen LogP contribution >= 0.6 is 11.6 Å². The monoisotopic (exact) mass is 627 g/mol. The standard InChI is InChI=1S/C21H18ClF3N2O2.C10H11N3O2/c22-17-6-1-3-13-7-8-21(18(13)17,19(29)26-15-10-20(24,25)11-15)27(12-28)16-5-2-4-14(23)9-16;11-10(15)7-3-4-12-8(6-7)13-5-1-2-9(13)14/h1-6,9,12,15H,7-8,10-11H2,(H,26,29);3-4,6H,1-2,5H2,(H2,11,15). The molecule has 44 heavy (non-hydrogen) atoms. The van der Waals surface area contributed by atoms with Crippen molar-refractivity contribution >= 4 is 47.2 Å². The smallest absolute Gasteiger partial charge is 0.252 e. The minimum atomic E-state index is -2.80. The van der Waals surface area contributed by atoms with Gasteiger partial charge in [-0.3, -0.25) is 29.0 Å². The summed E-state index contributed by atoms with van der Waals surface area (Å²) in [7, 11) is 0. The highest BCUT2D eigenvalue weighted by molar-refractivity contribution is 6.32. The predicted molar refractivity (Wildman–Crippen MR) is 157 cm³/mol. The molecule has 1 aromatic heterocycles. The van der Waals surface area contributed by atoms with Gasteiger partial charge in [0.15, 0.2) is 5.54 Å². The summed E-state index contributed by atoms with van der Waals surface area (Å²) < 4.78 is 40.4. The molecule has 2 aromatic carbocycles. The van der Waals surface area contributed by atoms with Crippen molar-refractivity contribution in [1.29, 1.82) is 0 Å². The number of alkyl halides is 2. The van der Waals surface area contributed by atoms with E-state index in [1.165, 1.54) is 30.5 Å². The van der Waals surface area contributed by atoms with Crippen LogP contribution in [0.3, 0.4) is 0 Å². The van der Waals surface area contributed by atoms with Gasteiger partial charge in [-0.15, -0.1) is 0 Å². The Bertz CT molecular complexity index is 1610. The maximum Gasteiger partial charge on any atom is 0.252 e. The van der Waals surface area contributed by atoms with Crippen molar-refractivity contribution in [3.8, 4) is 0 Å². The van der Waals surface area contributed by atoms with Crippen molar-refractivity contribution < 1.29 is 32.3 Å². The normalized spacial score (nSPS) is 20.2. The summed E-state index contributed by atoms with van der Waals surface area (Å²) >= 11 is 6.43. The van der Waals surface area contributed by atoms with E-state index in [1.807, 2.05) is 6.07 Å². The molecule has 230 valence electrons. The molecule has 2 aliphatic carbocycles. The molecule has 6 rings (SSSR count). The molecule has 3 aliphatic rings. The Hall–Kier alpha value is -4.45. The molecular weight excluding hydrogens is 599 g/mol. The number of primary amides is 1. The van der Waals surface area contributed by atoms with E-state index in [2.05, 4.69) is 10.3 Å². The first-order chi connectivity index (χ1) is 20.9. The number of nitrogens with zero attached hydrogens (tertiary/aromatic N) is 3. The average molecular weight is 628 g/mol. The number of carbonyl (C=O) groups is 4. The molecule has 1 unspecified atom stereocenters. The minimum Gasteiger partial charge on any atom is -0.366 e. The number of halogens is 4. The molecule has 0 spiro atoms. The van der Waals surface area contributed by atoms with E-state index in [1.54, 1.807) is 23.1 Å². The third-order valence-corrected chi connectivity index (χ3v) is 8.37. The van der Waals surface area contributed by atoms with E-state index in [9.17, 15) is 32.3 Å². The zero-order chi connectivity index (χ0) is 31.6. The van der Waals surface area contributed by atoms with Crippen molar-refractivity contribution in [2.75, 3.05) is 16.3 Å². The number of carbonyl (C=O) groups excluding carboxylic acids is 4. The van der Waals surface area contributed by atoms with Crippen LogP contribution in [-0.2, 0) is 26.3 Å². The largest absolute Gasteiger partial charge is 0.366 e. The number of amides is 4. The molecule has 9 nitrogen and oxygen atoms in total. The van der Waals surface area contributed by atoms with Gasteiger partial charge in [0.1, 0.15) is 11.6 Å². The van der Waals surface area contributed by atoms with Crippen molar-refractivity contribution in [3.05, 3.63) is 88.3 Å². The summed E-state index contributed by atoms with van der Waals surface area (Å²) in [5, 5.41) is 2.94. The Kier molecular flexibility index (Phi) is 8.64. The van der Waals surface area contributed by atoms with Crippen molar-refractivity contribution in [1.82, 2.24) is 10.3 Å². The highest BCUT2D eigenvalue weighted by atomic mass is 35.5. The van der Waals surface area contributed by atoms with Crippen LogP contribution in [-0.4, -0.2) is 47.6 Å². The first-order valence-electron chi connectivity index (χ1n) is 14.0. The molecule has 1 saturated heterocycles. The van der Waals surface area contributed by atoms with Crippen LogP contribution in [0.1, 0.15) is 53.6 Å². The van der Waals surface area contributed by atoms with Gasteiger partial charge in [0, 0.05) is 59.9 Å². The second-order valence-electron chi connectivity index (χ2n) is 10.9. The molecule has 13 heteroatoms. The molecule has 1 aliphatic heterocycles. The first-order valence-corrected chi connectivity index (χ1v) is 14.4. The van der Waals surface area contributed by atoms with Gasteiger partial charge >= 0.3 is 0 Å². The van der Waals surface area contributed by atoms with Crippen LogP contribution in [0.2, 0.25) is 5.02 Å². The number of aromatic nitrogens is 1. The van der Waals surface area contributed by atoms with E-state index in [0.717, 1.165) is 23.0 Å². The summed E-state index contributed by atoms with van der Waals surface area (Å²) in [5.74, 6) is -3.92. The molecule has 0 radical (unpaired) electrons. The van der Waals surface area contributed by atoms with E-state index in [-0.39, 0.29) is 23.0 Å². The fourth-order valence-corrected chi connectivity index (χ4v) is 6.28. The summed E-state index contributed by atoms with van der Waals surface area (Å²) in [4.78, 5) is 54.8. The zero-order valence-electron chi connectivity index (χ0n) is 23.4. The van der Waals surface area contributed by atoms with Crippen LogP contribution in [0.5, 0.6) is 0 Å². The third kappa shape index (κ3) is 5.99. The lowest BCUT2D eigenvalue weighted by atomic mass is 9.84. The number of rotatable bonds is 7. The summed E-state index contributed by atoms with van der Waals surface area (Å²) in [6, 6.07) is 12.9. The van der Waals surface area contributed by atoms with Crippen LogP contribution in [0.15, 0.2) is 60.8 Å². The third-order valence-electron chi connectivity index (χ3n) is 8.05. The van der Waals surface area contributed by atoms with Gasteiger partial charge in [-0.1, -0.05) is 29.8 Å². The molecule has 2 fully saturated rings. The molecule has 3 aromatic rings. The number of anilines is 2. The average Bonchev–Trinajstić information content (AvgIpc) is 3.58. The molecule has 0 bridgehead atoms. The van der Waals surface area contributed by atoms with Gasteiger partial charge < -0.3 is 11.1 Å². The predicted octanol–water partition coefficient (Wildman–Crippen LogP) is 4.50. The Labute approximate surface area is 256 Å². The number of pyridine rings is 1. The fraction of sp³-hybridized carbons (Fsp3) is 0.323. The highest BCUT2D eigenvalue weighted by Gasteiger charge is 2.54. The minimum absolute atomic E-state index is 0.0455. The Morgan fingerprint density at radius 1 is 1.11 bits per heavy atom. The molecule has 1 saturated carbocycles. The topological polar surface area (TPSA) is 126 Å². The van der Waals surface area contributed by atoms with Gasteiger partial charge in [0.05, 0.1) is 0 Å². The lowest BCUT2D eigenvalue weighted by molar-refractivity contribution is -0.135. The molecule has 4 amide bonds. The molecular formula is C31H29ClF3N5O4. The Morgan fingerprint density at radius 2 is 1.86 bits per heavy atom. The molecule has 2 heterocycles. The van der Waals surface area contributed by atoms with Crippen molar-refractivity contribution in [3.63, 3.8) is 0 Å². The van der Waals surface area contributed by atoms with Gasteiger partial charge in [0.2, 0.25) is 18.2 Å². The maximum atomic E-state index is 13.9. The van der Waals surface area contributed by atoms with Gasteiger partial charge in [-0.05, 0) is 61.2 Å². The van der Waals surface area contributed by atoms with Crippen molar-refractivity contribution in [2.24, 2.45) is 5.73 Å². The fourth-order valence-electron chi connectivity index (χ4n) is 5.93. The van der Waals surface area contributed by atoms with Gasteiger partial charge in [-0.25, -0.2) is 18.2 Å². The lowest BCUT2D eigenvalue weighted by Gasteiger charge is -2.42. The first kappa shape index (κ1) is 31.0. The number of nitrogens with one attached hydrogen (secondary N) is 1. The van der Waals surface area contributed by atoms with Crippen LogP contribution in [0.4, 0.5) is 24.7 Å². The van der Waals surface area contributed by atoms with Crippen LogP contribution in [0.25, 0.3) is 0 Å². The van der Waals surface area contributed by atoms with Gasteiger partial charge in [0.25, 0.3) is 11.8 Å². The van der Waals surface area contributed by atoms with E-state index in [0.29, 0.717) is 42.7 Å². The number of hydrogen-bond donors (Lipinski definition) is 2. The highest BCUT2D eigenvalue weighted by Crippen LogP contribution is 2.47. The number of fused-ring (bicyclic) bond motifs is 1. The second-order valence-corrected chi connectivity index (χ2v) is 11.3. The lowest BCUT2D eigenvalue weighted by Crippen LogP contribution is -2.60. The quantitative estimate of drug-likeness (QED) is 0.373. The SMILES string of the molecule is NC(=O)c1ccnc(N2CCCC2=O)c1.O=CN(c1cccc(F)c1)C1(C(=O)NC2CC(F)(F)C2)CCc2cccc(Cl)c21. The second kappa shape index (κ2) is 12.3. The zero-order valence-corrected chi connectivity index (χ0v) is 24.2. The summed E-state index contributed by atoms with van der Waals surface area (Å²) in [6.07, 6.45) is 3.09. The van der Waals surface area contributed by atoms with E-state index < -0.39 is 48.0 Å². The molecule has 1 atom stereocenters. The number of hydrogen-bond acceptors (Lipinski definition) is 5. The van der Waals surface area contributed by atoms with E-state index >= 15 is 0 Å². The molecule has 3 N–H and O–H groups in total. The number of benzene rings is 2. The van der Waals surface area contributed by atoms with Crippen LogP contribution < -0.4 is 20.9 Å². The van der Waals surface area contributed by atoms with Crippen LogP contribution in [0, 0.1) is 5.82 Å². The van der Waals surface area contributed by atoms with Crippen molar-refractivity contribution in [2.45, 2.75) is 56.0 Å². The van der Waals surface area contributed by atoms with E-state index in [4.69, 9.17) is 17.3 Å². The number of nitrogens with two attached hydrogens (primary N) is 1. The number of aryl methyl sites for hydroxylation is 1. The Balaban J connectivity index is 0.000000215. The maximum absolute atomic E-state index is 13.9. The Morgan fingerprint density at radius 3 is 2.50 bits per heavy atom. The summed E-state index contributed by atoms with van der Waals surface area (Å²) in [6.45, 7) is 0.661. The van der Waals surface area contributed by atoms with Gasteiger partial charge in [-0.2, -0.15) is 0 Å².